The molecule has 1 N–H and O–H groups in total. The van der Waals surface area contributed by atoms with E-state index < -0.39 is 0 Å². The molecular formula is C15H19N5O. The molecule has 21 heavy (non-hydrogen) atoms. The third-order valence-electron chi connectivity index (χ3n) is 3.52. The smallest absolute Gasteiger partial charge is 0.231 e. The summed E-state index contributed by atoms with van der Waals surface area (Å²) in [6, 6.07) is 9.84. The molecule has 0 spiro atoms. The Morgan fingerprint density at radius 2 is 2.14 bits per heavy atom. The second-order valence-electron chi connectivity index (χ2n) is 5.23. The molecule has 0 amide bonds. The average molecular weight is 285 g/mol. The highest BCUT2D eigenvalue weighted by atomic mass is 16.5. The van der Waals surface area contributed by atoms with Crippen molar-refractivity contribution >= 4 is 5.96 Å². The van der Waals surface area contributed by atoms with Gasteiger partial charge in [0.1, 0.15) is 0 Å². The van der Waals surface area contributed by atoms with E-state index >= 15 is 0 Å². The van der Waals surface area contributed by atoms with E-state index in [9.17, 15) is 0 Å². The first-order valence-electron chi connectivity index (χ1n) is 7.12. The standard InChI is InChI=1S/C15H19N5O/c1-11(10-17-15-16-8-9-20(15)2)14-18-13(19-21-14)12-6-4-3-5-7-12/h3-7,11H,8-10H2,1-2H3,(H,16,17). The Morgan fingerprint density at radius 3 is 2.86 bits per heavy atom. The van der Waals surface area contributed by atoms with Gasteiger partial charge in [-0.2, -0.15) is 4.98 Å². The molecule has 1 aliphatic heterocycles. The lowest BCUT2D eigenvalue weighted by Gasteiger charge is -2.16. The number of hydrogen-bond donors (Lipinski definition) is 1. The lowest BCUT2D eigenvalue weighted by atomic mass is 10.2. The van der Waals surface area contributed by atoms with Gasteiger partial charge >= 0.3 is 0 Å². The summed E-state index contributed by atoms with van der Waals surface area (Å²) in [5.74, 6) is 2.34. The summed E-state index contributed by atoms with van der Waals surface area (Å²) in [6.07, 6.45) is 0. The van der Waals surface area contributed by atoms with E-state index in [4.69, 9.17) is 4.52 Å². The zero-order valence-electron chi connectivity index (χ0n) is 12.3. The molecule has 1 unspecified atom stereocenters. The number of rotatable bonds is 4. The van der Waals surface area contributed by atoms with Crippen LogP contribution in [0.1, 0.15) is 18.7 Å². The number of hydrogen-bond acceptors (Lipinski definition) is 6. The van der Waals surface area contributed by atoms with Crippen LogP contribution in [0.5, 0.6) is 0 Å². The van der Waals surface area contributed by atoms with Gasteiger partial charge in [-0.1, -0.05) is 42.4 Å². The van der Waals surface area contributed by atoms with Crippen molar-refractivity contribution in [1.29, 1.82) is 0 Å². The van der Waals surface area contributed by atoms with E-state index in [1.54, 1.807) is 0 Å². The Bertz CT molecular complexity index is 622. The van der Waals surface area contributed by atoms with Crippen LogP contribution in [0.25, 0.3) is 11.4 Å². The minimum atomic E-state index is 0.131. The van der Waals surface area contributed by atoms with E-state index in [-0.39, 0.29) is 5.92 Å². The van der Waals surface area contributed by atoms with E-state index in [1.165, 1.54) is 0 Å². The van der Waals surface area contributed by atoms with E-state index in [1.807, 2.05) is 37.4 Å². The molecule has 3 rings (SSSR count). The summed E-state index contributed by atoms with van der Waals surface area (Å²) in [5.41, 5.74) is 0.965. The fraction of sp³-hybridized carbons (Fsp3) is 0.400. The highest BCUT2D eigenvalue weighted by Crippen LogP contribution is 2.19. The molecule has 6 nitrogen and oxygen atoms in total. The van der Waals surface area contributed by atoms with Crippen molar-refractivity contribution in [1.82, 2.24) is 20.4 Å². The molecule has 0 fully saturated rings. The summed E-state index contributed by atoms with van der Waals surface area (Å²) >= 11 is 0. The van der Waals surface area contributed by atoms with Gasteiger partial charge in [0.05, 0.1) is 12.5 Å². The number of aliphatic imine (C=N–C) groups is 1. The van der Waals surface area contributed by atoms with Crippen molar-refractivity contribution in [3.63, 3.8) is 0 Å². The quantitative estimate of drug-likeness (QED) is 0.926. The Labute approximate surface area is 123 Å². The molecule has 2 aromatic rings. The minimum Gasteiger partial charge on any atom is -0.355 e. The Kier molecular flexibility index (Phi) is 3.85. The van der Waals surface area contributed by atoms with Gasteiger partial charge in [0.25, 0.3) is 0 Å². The third-order valence-corrected chi connectivity index (χ3v) is 3.52. The van der Waals surface area contributed by atoms with Crippen LogP contribution in [0.2, 0.25) is 0 Å². The third kappa shape index (κ3) is 3.04. The molecule has 1 atom stereocenters. The zero-order valence-corrected chi connectivity index (χ0v) is 12.3. The van der Waals surface area contributed by atoms with Crippen LogP contribution in [0.3, 0.4) is 0 Å². The molecule has 1 aliphatic rings. The normalized spacial score (nSPS) is 15.9. The lowest BCUT2D eigenvalue weighted by molar-refractivity contribution is 0.358. The van der Waals surface area contributed by atoms with Crippen LogP contribution in [0.4, 0.5) is 0 Å². The SMILES string of the molecule is CC(CNC1=NCCN1C)c1nc(-c2ccccc2)no1. The summed E-state index contributed by atoms with van der Waals surface area (Å²) < 4.78 is 5.37. The fourth-order valence-electron chi connectivity index (χ4n) is 2.19. The first-order chi connectivity index (χ1) is 10.2. The van der Waals surface area contributed by atoms with Crippen molar-refractivity contribution in [3.05, 3.63) is 36.2 Å². The number of guanidine groups is 1. The second kappa shape index (κ2) is 5.95. The Balaban J connectivity index is 1.63. The van der Waals surface area contributed by atoms with Gasteiger partial charge in [-0.15, -0.1) is 0 Å². The van der Waals surface area contributed by atoms with Crippen LogP contribution in [-0.2, 0) is 0 Å². The molecule has 0 aliphatic carbocycles. The van der Waals surface area contributed by atoms with E-state index in [0.717, 1.165) is 31.2 Å². The van der Waals surface area contributed by atoms with Crippen molar-refractivity contribution in [2.45, 2.75) is 12.8 Å². The lowest BCUT2D eigenvalue weighted by Crippen LogP contribution is -2.37. The van der Waals surface area contributed by atoms with E-state index in [2.05, 4.69) is 32.3 Å². The topological polar surface area (TPSA) is 66.6 Å². The summed E-state index contributed by atoms with van der Waals surface area (Å²) in [5, 5.41) is 7.37. The number of nitrogens with zero attached hydrogens (tertiary/aromatic N) is 4. The van der Waals surface area contributed by atoms with Crippen LogP contribution in [0, 0.1) is 0 Å². The Morgan fingerprint density at radius 1 is 1.33 bits per heavy atom. The summed E-state index contributed by atoms with van der Waals surface area (Å²) in [6.45, 7) is 4.60. The predicted molar refractivity (Wildman–Crippen MR) is 81.1 cm³/mol. The van der Waals surface area contributed by atoms with Crippen molar-refractivity contribution in [2.75, 3.05) is 26.7 Å². The molecule has 0 radical (unpaired) electrons. The van der Waals surface area contributed by atoms with E-state index in [0.29, 0.717) is 11.7 Å². The van der Waals surface area contributed by atoms with Crippen LogP contribution in [-0.4, -0.2) is 47.7 Å². The Hall–Kier alpha value is -2.37. The molecule has 0 bridgehead atoms. The van der Waals surface area contributed by atoms with Crippen molar-refractivity contribution in [2.24, 2.45) is 4.99 Å². The van der Waals surface area contributed by atoms with Gasteiger partial charge in [0, 0.05) is 25.7 Å². The van der Waals surface area contributed by atoms with Crippen molar-refractivity contribution < 1.29 is 4.52 Å². The maximum Gasteiger partial charge on any atom is 0.231 e. The number of benzene rings is 1. The fourth-order valence-corrected chi connectivity index (χ4v) is 2.19. The molecule has 1 aromatic heterocycles. The molecule has 0 saturated carbocycles. The molecule has 110 valence electrons. The monoisotopic (exact) mass is 285 g/mol. The van der Waals surface area contributed by atoms with Crippen LogP contribution in [0.15, 0.2) is 39.8 Å². The maximum atomic E-state index is 5.37. The van der Waals surface area contributed by atoms with Gasteiger partial charge in [0.15, 0.2) is 5.96 Å². The highest BCUT2D eigenvalue weighted by Gasteiger charge is 2.18. The molecule has 0 saturated heterocycles. The highest BCUT2D eigenvalue weighted by molar-refractivity contribution is 5.81. The summed E-state index contributed by atoms with van der Waals surface area (Å²) in [4.78, 5) is 11.0. The van der Waals surface area contributed by atoms with Gasteiger partial charge in [0.2, 0.25) is 11.7 Å². The first kappa shape index (κ1) is 13.6. The van der Waals surface area contributed by atoms with Crippen molar-refractivity contribution in [3.8, 4) is 11.4 Å². The van der Waals surface area contributed by atoms with Gasteiger partial charge in [-0.3, -0.25) is 4.99 Å². The molecule has 1 aromatic carbocycles. The largest absolute Gasteiger partial charge is 0.355 e. The second-order valence-corrected chi connectivity index (χ2v) is 5.23. The minimum absolute atomic E-state index is 0.131. The molecule has 6 heteroatoms. The number of aromatic nitrogens is 2. The maximum absolute atomic E-state index is 5.37. The van der Waals surface area contributed by atoms with Crippen LogP contribution < -0.4 is 5.32 Å². The summed E-state index contributed by atoms with van der Waals surface area (Å²) in [7, 11) is 2.03. The first-order valence-corrected chi connectivity index (χ1v) is 7.12. The number of nitrogens with one attached hydrogen (secondary N) is 1. The number of likely N-dealkylation sites (N-methyl/N-ethyl adjacent to an activating group) is 1. The molecular weight excluding hydrogens is 266 g/mol. The average Bonchev–Trinajstić information content (AvgIpc) is 3.15. The zero-order chi connectivity index (χ0) is 14.7. The van der Waals surface area contributed by atoms with Gasteiger partial charge in [-0.05, 0) is 0 Å². The predicted octanol–water partition coefficient (Wildman–Crippen LogP) is 1.73. The van der Waals surface area contributed by atoms with Gasteiger partial charge in [-0.25, -0.2) is 0 Å². The van der Waals surface area contributed by atoms with Crippen LogP contribution >= 0.6 is 0 Å². The molecule has 2 heterocycles. The van der Waals surface area contributed by atoms with Gasteiger partial charge < -0.3 is 14.7 Å².